The summed E-state index contributed by atoms with van der Waals surface area (Å²) in [5, 5.41) is 28.0. The van der Waals surface area contributed by atoms with Gasteiger partial charge < -0.3 is 40.7 Å². The average Bonchev–Trinajstić information content (AvgIpc) is 2.83. The molecule has 1 unspecified atom stereocenters. The largest absolute Gasteiger partial charge is 0.497 e. The number of benzene rings is 1. The Morgan fingerprint density at radius 3 is 2.59 bits per heavy atom. The SMILES string of the molecule is CNCC(O)COc1cc(OC)cc(-c2cc(NC3CCOCC3)c(C=N)c(NC(C)C)n2)c1. The van der Waals surface area contributed by atoms with E-state index < -0.39 is 6.10 Å². The minimum atomic E-state index is -0.623. The number of aromatic nitrogens is 1. The summed E-state index contributed by atoms with van der Waals surface area (Å²) in [6.07, 6.45) is 2.54. The molecule has 3 rings (SSSR count). The Bertz CT molecular complexity index is 947. The maximum absolute atomic E-state index is 10.0. The van der Waals surface area contributed by atoms with E-state index in [-0.39, 0.29) is 18.7 Å². The molecular formula is C25H37N5O4. The number of aliphatic hydroxyl groups excluding tert-OH is 1. The van der Waals surface area contributed by atoms with Crippen molar-refractivity contribution < 1.29 is 19.3 Å². The highest BCUT2D eigenvalue weighted by Gasteiger charge is 2.19. The van der Waals surface area contributed by atoms with Crippen molar-refractivity contribution in [3.63, 3.8) is 0 Å². The van der Waals surface area contributed by atoms with Crippen LogP contribution in [0.5, 0.6) is 11.5 Å². The molecule has 0 radical (unpaired) electrons. The molecule has 34 heavy (non-hydrogen) atoms. The number of anilines is 2. The molecule has 2 aromatic rings. The molecule has 0 bridgehead atoms. The van der Waals surface area contributed by atoms with Crippen molar-refractivity contribution in [3.8, 4) is 22.8 Å². The number of hydrogen-bond donors (Lipinski definition) is 5. The first-order chi connectivity index (χ1) is 16.4. The van der Waals surface area contributed by atoms with Crippen LogP contribution in [-0.2, 0) is 4.74 Å². The number of aliphatic hydroxyl groups is 1. The van der Waals surface area contributed by atoms with Crippen molar-refractivity contribution in [2.24, 2.45) is 0 Å². The van der Waals surface area contributed by atoms with Crippen LogP contribution in [0.4, 0.5) is 11.5 Å². The number of pyridine rings is 1. The first-order valence-electron chi connectivity index (χ1n) is 11.7. The summed E-state index contributed by atoms with van der Waals surface area (Å²) in [6.45, 7) is 6.13. The second-order valence-electron chi connectivity index (χ2n) is 8.71. The highest BCUT2D eigenvalue weighted by Crippen LogP contribution is 2.34. The minimum Gasteiger partial charge on any atom is -0.497 e. The van der Waals surface area contributed by atoms with Gasteiger partial charge in [-0.1, -0.05) is 0 Å². The van der Waals surface area contributed by atoms with E-state index in [4.69, 9.17) is 24.6 Å². The van der Waals surface area contributed by atoms with Gasteiger partial charge in [0.1, 0.15) is 30.0 Å². The van der Waals surface area contributed by atoms with Gasteiger partial charge >= 0.3 is 0 Å². The molecular weight excluding hydrogens is 434 g/mol. The van der Waals surface area contributed by atoms with Crippen molar-refractivity contribution in [2.45, 2.75) is 44.9 Å². The highest BCUT2D eigenvalue weighted by atomic mass is 16.5. The smallest absolute Gasteiger partial charge is 0.137 e. The molecule has 1 atom stereocenters. The van der Waals surface area contributed by atoms with Crippen molar-refractivity contribution in [1.82, 2.24) is 10.3 Å². The van der Waals surface area contributed by atoms with Crippen LogP contribution < -0.4 is 25.4 Å². The van der Waals surface area contributed by atoms with E-state index in [0.29, 0.717) is 23.9 Å². The monoisotopic (exact) mass is 471 g/mol. The molecule has 1 saturated heterocycles. The number of ether oxygens (including phenoxy) is 3. The van der Waals surface area contributed by atoms with Crippen LogP contribution >= 0.6 is 0 Å². The van der Waals surface area contributed by atoms with Gasteiger partial charge in [0, 0.05) is 55.4 Å². The first-order valence-corrected chi connectivity index (χ1v) is 11.7. The van der Waals surface area contributed by atoms with Crippen LogP contribution in [0.3, 0.4) is 0 Å². The summed E-state index contributed by atoms with van der Waals surface area (Å²) >= 11 is 0. The Balaban J connectivity index is 2.00. The van der Waals surface area contributed by atoms with Crippen LogP contribution in [0.2, 0.25) is 0 Å². The van der Waals surface area contributed by atoms with E-state index in [1.54, 1.807) is 20.2 Å². The lowest BCUT2D eigenvalue weighted by Gasteiger charge is -2.26. The van der Waals surface area contributed by atoms with Crippen molar-refractivity contribution in [2.75, 3.05) is 51.2 Å². The molecule has 1 aromatic carbocycles. The number of likely N-dealkylation sites (N-methyl/N-ethyl adjacent to an activating group) is 1. The number of methoxy groups -OCH3 is 1. The Hall–Kier alpha value is -2.88. The van der Waals surface area contributed by atoms with Gasteiger partial charge in [-0.05, 0) is 51.9 Å². The molecule has 1 fully saturated rings. The van der Waals surface area contributed by atoms with Crippen LogP contribution in [0.25, 0.3) is 11.3 Å². The number of hydrogen-bond acceptors (Lipinski definition) is 9. The van der Waals surface area contributed by atoms with Crippen molar-refractivity contribution in [1.29, 1.82) is 5.41 Å². The number of nitrogens with one attached hydrogen (secondary N) is 4. The van der Waals surface area contributed by atoms with Gasteiger partial charge in [0.15, 0.2) is 0 Å². The maximum Gasteiger partial charge on any atom is 0.137 e. The fourth-order valence-corrected chi connectivity index (χ4v) is 3.82. The molecule has 1 aliphatic heterocycles. The fourth-order valence-electron chi connectivity index (χ4n) is 3.82. The summed E-state index contributed by atoms with van der Waals surface area (Å²) in [7, 11) is 3.39. The third kappa shape index (κ3) is 7.06. The predicted octanol–water partition coefficient (Wildman–Crippen LogP) is 3.13. The molecule has 186 valence electrons. The van der Waals surface area contributed by atoms with Crippen LogP contribution in [0, 0.1) is 5.41 Å². The minimum absolute atomic E-state index is 0.148. The standard InChI is InChI=1S/C25H37N5O4/c1-16(2)28-25-22(13-26)24(29-18-5-7-33-8-6-18)12-23(30-25)17-9-20(32-4)11-21(10-17)34-15-19(31)14-27-3/h9-13,16,18-19,26-27,31H,5-8,14-15H2,1-4H3,(H2,28,29,30). The lowest BCUT2D eigenvalue weighted by atomic mass is 10.0. The fraction of sp³-hybridized carbons (Fsp3) is 0.520. The summed E-state index contributed by atoms with van der Waals surface area (Å²) in [5.74, 6) is 1.86. The molecule has 0 amide bonds. The Morgan fingerprint density at radius 1 is 1.21 bits per heavy atom. The van der Waals surface area contributed by atoms with Gasteiger partial charge in [-0.3, -0.25) is 0 Å². The van der Waals surface area contributed by atoms with E-state index in [9.17, 15) is 5.11 Å². The Labute approximate surface area is 201 Å². The molecule has 0 saturated carbocycles. The summed E-state index contributed by atoms with van der Waals surface area (Å²) in [4.78, 5) is 4.85. The zero-order valence-electron chi connectivity index (χ0n) is 20.5. The zero-order valence-corrected chi connectivity index (χ0v) is 20.5. The molecule has 9 heteroatoms. The molecule has 2 heterocycles. The second kappa shape index (κ2) is 12.5. The lowest BCUT2D eigenvalue weighted by molar-refractivity contribution is 0.0904. The first kappa shape index (κ1) is 25.7. The van der Waals surface area contributed by atoms with Crippen LogP contribution in [-0.4, -0.2) is 75.0 Å². The van der Waals surface area contributed by atoms with E-state index in [1.807, 2.05) is 32.0 Å². The normalized spacial score (nSPS) is 15.1. The van der Waals surface area contributed by atoms with E-state index >= 15 is 0 Å². The number of nitrogens with zero attached hydrogens (tertiary/aromatic N) is 1. The van der Waals surface area contributed by atoms with Crippen molar-refractivity contribution >= 4 is 17.7 Å². The third-order valence-corrected chi connectivity index (χ3v) is 5.50. The third-order valence-electron chi connectivity index (χ3n) is 5.50. The van der Waals surface area contributed by atoms with E-state index in [0.717, 1.165) is 48.6 Å². The van der Waals surface area contributed by atoms with Gasteiger partial charge in [0.05, 0.1) is 18.4 Å². The van der Waals surface area contributed by atoms with Gasteiger partial charge in [0.2, 0.25) is 0 Å². The quantitative estimate of drug-likeness (QED) is 0.300. The highest BCUT2D eigenvalue weighted by molar-refractivity contribution is 5.94. The van der Waals surface area contributed by atoms with Crippen molar-refractivity contribution in [3.05, 3.63) is 29.8 Å². The average molecular weight is 472 g/mol. The van der Waals surface area contributed by atoms with Gasteiger partial charge in [-0.15, -0.1) is 0 Å². The summed E-state index contributed by atoms with van der Waals surface area (Å²) in [6, 6.07) is 7.97. The molecule has 1 aromatic heterocycles. The lowest BCUT2D eigenvalue weighted by Crippen LogP contribution is -2.29. The Morgan fingerprint density at radius 2 is 1.94 bits per heavy atom. The summed E-state index contributed by atoms with van der Waals surface area (Å²) < 4.78 is 16.8. The van der Waals surface area contributed by atoms with Crippen LogP contribution in [0.1, 0.15) is 32.3 Å². The van der Waals surface area contributed by atoms with Gasteiger partial charge in [-0.25, -0.2) is 4.98 Å². The van der Waals surface area contributed by atoms with E-state index in [1.165, 1.54) is 6.21 Å². The maximum atomic E-state index is 10.0. The molecule has 0 aliphatic carbocycles. The van der Waals surface area contributed by atoms with Crippen LogP contribution in [0.15, 0.2) is 24.3 Å². The zero-order chi connectivity index (χ0) is 24.5. The molecule has 1 aliphatic rings. The number of rotatable bonds is 12. The molecule has 0 spiro atoms. The Kier molecular flexibility index (Phi) is 9.50. The molecule has 9 nitrogen and oxygen atoms in total. The topological polar surface area (TPSA) is 121 Å². The van der Waals surface area contributed by atoms with E-state index in [2.05, 4.69) is 16.0 Å². The second-order valence-corrected chi connectivity index (χ2v) is 8.71. The van der Waals surface area contributed by atoms with Gasteiger partial charge in [-0.2, -0.15) is 0 Å². The summed E-state index contributed by atoms with van der Waals surface area (Å²) in [5.41, 5.74) is 3.11. The molecule has 5 N–H and O–H groups in total. The van der Waals surface area contributed by atoms with Gasteiger partial charge in [0.25, 0.3) is 0 Å². The predicted molar refractivity (Wildman–Crippen MR) is 136 cm³/mol.